The number of nitrogens with two attached hydrogens (primary N) is 1. The van der Waals surface area contributed by atoms with Crippen molar-refractivity contribution in [3.05, 3.63) is 35.4 Å². The molecule has 0 spiro atoms. The maximum absolute atomic E-state index is 6.21. The molecule has 2 N–H and O–H groups in total. The smallest absolute Gasteiger partial charge is 0.0663 e. The van der Waals surface area contributed by atoms with Gasteiger partial charge in [-0.15, -0.1) is 0 Å². The van der Waals surface area contributed by atoms with Gasteiger partial charge in [-0.1, -0.05) is 43.7 Å². The van der Waals surface area contributed by atoms with Crippen molar-refractivity contribution in [1.29, 1.82) is 0 Å². The third-order valence-electron chi connectivity index (χ3n) is 4.27. The van der Waals surface area contributed by atoms with E-state index in [4.69, 9.17) is 10.5 Å². The van der Waals surface area contributed by atoms with E-state index in [1.807, 2.05) is 0 Å². The van der Waals surface area contributed by atoms with E-state index in [1.165, 1.54) is 36.8 Å². The van der Waals surface area contributed by atoms with Crippen LogP contribution in [-0.2, 0) is 4.74 Å². The van der Waals surface area contributed by atoms with Crippen LogP contribution < -0.4 is 5.73 Å². The molecule has 1 unspecified atom stereocenters. The summed E-state index contributed by atoms with van der Waals surface area (Å²) < 4.78 is 6.01. The lowest BCUT2D eigenvalue weighted by Crippen LogP contribution is -2.29. The molecule has 1 saturated carbocycles. The lowest BCUT2D eigenvalue weighted by molar-refractivity contribution is -0.00185. The molecule has 1 aromatic carbocycles. The normalized spacial score (nSPS) is 21.3. The van der Waals surface area contributed by atoms with Crippen LogP contribution in [0.5, 0.6) is 0 Å². The van der Waals surface area contributed by atoms with E-state index in [0.717, 1.165) is 0 Å². The van der Waals surface area contributed by atoms with E-state index in [2.05, 4.69) is 45.0 Å². The van der Waals surface area contributed by atoms with Gasteiger partial charge in [-0.05, 0) is 43.6 Å². The summed E-state index contributed by atoms with van der Waals surface area (Å²) >= 11 is 0. The number of benzene rings is 1. The highest BCUT2D eigenvalue weighted by Gasteiger charge is 2.27. The topological polar surface area (TPSA) is 35.2 Å². The molecule has 1 aliphatic carbocycles. The second-order valence-corrected chi connectivity index (χ2v) is 6.72. The molecular weight excluding hydrogens is 234 g/mol. The van der Waals surface area contributed by atoms with Crippen molar-refractivity contribution in [2.24, 2.45) is 11.1 Å². The molecule has 1 aromatic rings. The molecule has 0 bridgehead atoms. The molecule has 1 aliphatic rings. The van der Waals surface area contributed by atoms with Crippen molar-refractivity contribution in [2.45, 2.75) is 58.6 Å². The molecule has 2 heteroatoms. The summed E-state index contributed by atoms with van der Waals surface area (Å²) in [4.78, 5) is 0. The van der Waals surface area contributed by atoms with Crippen molar-refractivity contribution in [1.82, 2.24) is 0 Å². The summed E-state index contributed by atoms with van der Waals surface area (Å²) in [5.41, 5.74) is 9.14. The van der Waals surface area contributed by atoms with E-state index in [0.29, 0.717) is 18.1 Å². The largest absolute Gasteiger partial charge is 0.376 e. The highest BCUT2D eigenvalue weighted by molar-refractivity contribution is 5.24. The van der Waals surface area contributed by atoms with E-state index < -0.39 is 0 Å². The van der Waals surface area contributed by atoms with Crippen LogP contribution in [0.4, 0.5) is 0 Å². The van der Waals surface area contributed by atoms with Gasteiger partial charge in [0.2, 0.25) is 0 Å². The van der Waals surface area contributed by atoms with Crippen molar-refractivity contribution in [3.8, 4) is 0 Å². The maximum atomic E-state index is 6.21. The zero-order valence-corrected chi connectivity index (χ0v) is 12.5. The fraction of sp³-hybridized carbons (Fsp3) is 0.647. The number of hydrogen-bond donors (Lipinski definition) is 1. The van der Waals surface area contributed by atoms with Gasteiger partial charge in [-0.25, -0.2) is 0 Å². The summed E-state index contributed by atoms with van der Waals surface area (Å²) in [7, 11) is 0. The zero-order valence-electron chi connectivity index (χ0n) is 12.5. The molecule has 0 heterocycles. The Labute approximate surface area is 117 Å². The first kappa shape index (κ1) is 14.5. The van der Waals surface area contributed by atoms with Crippen LogP contribution in [0.3, 0.4) is 0 Å². The second kappa shape index (κ2) is 6.06. The second-order valence-electron chi connectivity index (χ2n) is 6.72. The minimum absolute atomic E-state index is 0.00478. The molecule has 106 valence electrons. The Morgan fingerprint density at radius 2 is 2.00 bits per heavy atom. The van der Waals surface area contributed by atoms with Gasteiger partial charge in [0.25, 0.3) is 0 Å². The molecule has 0 saturated heterocycles. The zero-order chi connectivity index (χ0) is 13.9. The fourth-order valence-corrected chi connectivity index (χ4v) is 2.78. The Balaban J connectivity index is 1.80. The summed E-state index contributed by atoms with van der Waals surface area (Å²) in [6, 6.07) is 8.39. The summed E-state index contributed by atoms with van der Waals surface area (Å²) in [5.74, 6) is 0. The average molecular weight is 261 g/mol. The summed E-state index contributed by atoms with van der Waals surface area (Å²) in [6.45, 7) is 7.43. The van der Waals surface area contributed by atoms with Gasteiger partial charge < -0.3 is 10.5 Å². The van der Waals surface area contributed by atoms with E-state index >= 15 is 0 Å². The van der Waals surface area contributed by atoms with Crippen molar-refractivity contribution >= 4 is 0 Å². The SMILES string of the molecule is Cc1cccc(C(N)COC2CCC(C)(C)CC2)c1. The number of ether oxygens (including phenoxy) is 1. The predicted molar refractivity (Wildman–Crippen MR) is 80.1 cm³/mol. The average Bonchev–Trinajstić information content (AvgIpc) is 2.37. The first-order valence-electron chi connectivity index (χ1n) is 7.40. The first-order chi connectivity index (χ1) is 8.96. The molecule has 0 aromatic heterocycles. The Morgan fingerprint density at radius 1 is 1.32 bits per heavy atom. The van der Waals surface area contributed by atoms with Crippen LogP contribution in [0.2, 0.25) is 0 Å². The van der Waals surface area contributed by atoms with E-state index in [1.54, 1.807) is 0 Å². The maximum Gasteiger partial charge on any atom is 0.0663 e. The summed E-state index contributed by atoms with van der Waals surface area (Å²) in [5, 5.41) is 0. The number of rotatable bonds is 4. The molecule has 19 heavy (non-hydrogen) atoms. The van der Waals surface area contributed by atoms with Crippen molar-refractivity contribution < 1.29 is 4.74 Å². The third kappa shape index (κ3) is 4.32. The van der Waals surface area contributed by atoms with Crippen LogP contribution in [0.25, 0.3) is 0 Å². The Bertz CT molecular complexity index is 403. The van der Waals surface area contributed by atoms with Crippen molar-refractivity contribution in [2.75, 3.05) is 6.61 Å². The first-order valence-corrected chi connectivity index (χ1v) is 7.40. The lowest BCUT2D eigenvalue weighted by atomic mass is 9.76. The molecule has 1 fully saturated rings. The highest BCUT2D eigenvalue weighted by atomic mass is 16.5. The standard InChI is InChI=1S/C17H27NO/c1-13-5-4-6-14(11-13)16(18)12-19-15-7-9-17(2,3)10-8-15/h4-6,11,15-16H,7-10,12,18H2,1-3H3. The molecule has 0 radical (unpaired) electrons. The monoisotopic (exact) mass is 261 g/mol. The van der Waals surface area contributed by atoms with Gasteiger partial charge in [0.05, 0.1) is 18.8 Å². The van der Waals surface area contributed by atoms with Gasteiger partial charge in [0.1, 0.15) is 0 Å². The molecule has 0 aliphatic heterocycles. The van der Waals surface area contributed by atoms with E-state index in [9.17, 15) is 0 Å². The van der Waals surface area contributed by atoms with Crippen LogP contribution in [0, 0.1) is 12.3 Å². The van der Waals surface area contributed by atoms with Crippen LogP contribution in [0.1, 0.15) is 56.7 Å². The van der Waals surface area contributed by atoms with E-state index in [-0.39, 0.29) is 6.04 Å². The Morgan fingerprint density at radius 3 is 2.63 bits per heavy atom. The Hall–Kier alpha value is -0.860. The van der Waals surface area contributed by atoms with Gasteiger partial charge in [0.15, 0.2) is 0 Å². The highest BCUT2D eigenvalue weighted by Crippen LogP contribution is 2.36. The molecule has 0 amide bonds. The van der Waals surface area contributed by atoms with Crippen molar-refractivity contribution in [3.63, 3.8) is 0 Å². The molecule has 2 nitrogen and oxygen atoms in total. The lowest BCUT2D eigenvalue weighted by Gasteiger charge is -2.34. The van der Waals surface area contributed by atoms with Crippen LogP contribution in [0.15, 0.2) is 24.3 Å². The molecular formula is C17H27NO. The van der Waals surface area contributed by atoms with Crippen LogP contribution in [-0.4, -0.2) is 12.7 Å². The molecule has 2 rings (SSSR count). The van der Waals surface area contributed by atoms with Gasteiger partial charge in [-0.2, -0.15) is 0 Å². The third-order valence-corrected chi connectivity index (χ3v) is 4.27. The molecule has 1 atom stereocenters. The Kier molecular flexibility index (Phi) is 4.64. The van der Waals surface area contributed by atoms with Gasteiger partial charge >= 0.3 is 0 Å². The number of aryl methyl sites for hydroxylation is 1. The number of hydrogen-bond acceptors (Lipinski definition) is 2. The minimum atomic E-state index is -0.00478. The summed E-state index contributed by atoms with van der Waals surface area (Å²) in [6.07, 6.45) is 5.28. The van der Waals surface area contributed by atoms with Gasteiger partial charge in [-0.3, -0.25) is 0 Å². The van der Waals surface area contributed by atoms with Crippen LogP contribution >= 0.6 is 0 Å². The fourth-order valence-electron chi connectivity index (χ4n) is 2.78. The quantitative estimate of drug-likeness (QED) is 0.889. The minimum Gasteiger partial charge on any atom is -0.376 e. The van der Waals surface area contributed by atoms with Gasteiger partial charge in [0, 0.05) is 0 Å². The predicted octanol–water partition coefficient (Wildman–Crippen LogP) is 3.98.